The Morgan fingerprint density at radius 1 is 1.22 bits per heavy atom. The third kappa shape index (κ3) is 3.01. The third-order valence-corrected chi connectivity index (χ3v) is 2.56. The molecule has 92 valence electrons. The van der Waals surface area contributed by atoms with Gasteiger partial charge in [0, 0.05) is 23.6 Å². The first-order valence-corrected chi connectivity index (χ1v) is 6.06. The number of aryl methyl sites for hydroxylation is 1. The average Bonchev–Trinajstić information content (AvgIpc) is 2.72. The lowest BCUT2D eigenvalue weighted by Crippen LogP contribution is -1.99. The molecule has 1 heterocycles. The zero-order chi connectivity index (χ0) is 13.2. The molecule has 1 aromatic carbocycles. The number of imidazole rings is 1. The van der Waals surface area contributed by atoms with E-state index in [1.807, 2.05) is 36.3 Å². The Labute approximate surface area is 109 Å². The standard InChI is InChI=1S/C16H18N2/c1-16(2,3)9-8-13-6-5-7-14(10-13)15-11-17-12-18(15)4/h5-7,10-12H,1-4H3. The number of rotatable bonds is 1. The molecule has 0 amide bonds. The lowest BCUT2D eigenvalue weighted by molar-refractivity contribution is 0.571. The minimum atomic E-state index is 0.0303. The summed E-state index contributed by atoms with van der Waals surface area (Å²) in [6, 6.07) is 8.27. The van der Waals surface area contributed by atoms with Gasteiger partial charge in [0.25, 0.3) is 0 Å². The van der Waals surface area contributed by atoms with Crippen LogP contribution in [0.25, 0.3) is 11.3 Å². The van der Waals surface area contributed by atoms with Crippen LogP contribution >= 0.6 is 0 Å². The molecule has 0 bridgehead atoms. The third-order valence-electron chi connectivity index (χ3n) is 2.56. The fourth-order valence-corrected chi connectivity index (χ4v) is 1.65. The Hall–Kier alpha value is -2.01. The Bertz CT molecular complexity index is 604. The molecular formula is C16H18N2. The molecule has 0 aliphatic rings. The summed E-state index contributed by atoms with van der Waals surface area (Å²) in [5.74, 6) is 6.48. The number of hydrogen-bond donors (Lipinski definition) is 0. The van der Waals surface area contributed by atoms with E-state index in [4.69, 9.17) is 0 Å². The predicted octanol–water partition coefficient (Wildman–Crippen LogP) is 3.48. The van der Waals surface area contributed by atoms with Crippen molar-refractivity contribution in [2.24, 2.45) is 12.5 Å². The fourth-order valence-electron chi connectivity index (χ4n) is 1.65. The lowest BCUT2D eigenvalue weighted by Gasteiger charge is -2.07. The summed E-state index contributed by atoms with van der Waals surface area (Å²) < 4.78 is 2.01. The molecule has 2 aromatic rings. The second-order valence-corrected chi connectivity index (χ2v) is 5.47. The predicted molar refractivity (Wildman–Crippen MR) is 75.0 cm³/mol. The zero-order valence-corrected chi connectivity index (χ0v) is 11.4. The van der Waals surface area contributed by atoms with Gasteiger partial charge in [-0.2, -0.15) is 0 Å². The first-order valence-electron chi connectivity index (χ1n) is 6.06. The molecule has 1 aromatic heterocycles. The highest BCUT2D eigenvalue weighted by atomic mass is 15.0. The zero-order valence-electron chi connectivity index (χ0n) is 11.4. The highest BCUT2D eigenvalue weighted by Gasteiger charge is 2.04. The van der Waals surface area contributed by atoms with E-state index in [1.165, 1.54) is 0 Å². The highest BCUT2D eigenvalue weighted by molar-refractivity contribution is 5.61. The first-order chi connectivity index (χ1) is 8.46. The van der Waals surface area contributed by atoms with E-state index < -0.39 is 0 Å². The maximum Gasteiger partial charge on any atom is 0.0948 e. The minimum absolute atomic E-state index is 0.0303. The molecule has 0 radical (unpaired) electrons. The largest absolute Gasteiger partial charge is 0.334 e. The fraction of sp³-hybridized carbons (Fsp3) is 0.312. The molecule has 2 nitrogen and oxygen atoms in total. The quantitative estimate of drug-likeness (QED) is 0.695. The van der Waals surface area contributed by atoms with Gasteiger partial charge in [0.2, 0.25) is 0 Å². The van der Waals surface area contributed by atoms with Crippen LogP contribution in [0.4, 0.5) is 0 Å². The summed E-state index contributed by atoms with van der Waals surface area (Å²) in [5.41, 5.74) is 3.33. The topological polar surface area (TPSA) is 17.8 Å². The van der Waals surface area contributed by atoms with Crippen LogP contribution in [-0.2, 0) is 7.05 Å². The molecule has 18 heavy (non-hydrogen) atoms. The molecule has 0 spiro atoms. The molecule has 0 saturated carbocycles. The normalized spacial score (nSPS) is 10.9. The molecule has 2 heteroatoms. The van der Waals surface area contributed by atoms with Crippen molar-refractivity contribution in [1.29, 1.82) is 0 Å². The summed E-state index contributed by atoms with van der Waals surface area (Å²) in [7, 11) is 2.00. The molecule has 0 atom stereocenters. The van der Waals surface area contributed by atoms with Crippen LogP contribution in [0.15, 0.2) is 36.8 Å². The highest BCUT2D eigenvalue weighted by Crippen LogP contribution is 2.19. The molecule has 0 fully saturated rings. The Morgan fingerprint density at radius 3 is 2.61 bits per heavy atom. The molecular weight excluding hydrogens is 220 g/mol. The Kier molecular flexibility index (Phi) is 3.25. The molecule has 0 aliphatic heterocycles. The van der Waals surface area contributed by atoms with E-state index in [2.05, 4.69) is 49.7 Å². The van der Waals surface area contributed by atoms with Gasteiger partial charge in [0.05, 0.1) is 18.2 Å². The molecule has 2 rings (SSSR count). The average molecular weight is 238 g/mol. The Morgan fingerprint density at radius 2 is 2.00 bits per heavy atom. The number of hydrogen-bond acceptors (Lipinski definition) is 1. The van der Waals surface area contributed by atoms with Gasteiger partial charge in [0.1, 0.15) is 0 Å². The maximum absolute atomic E-state index is 4.14. The smallest absolute Gasteiger partial charge is 0.0948 e. The van der Waals surface area contributed by atoms with Gasteiger partial charge >= 0.3 is 0 Å². The van der Waals surface area contributed by atoms with Crippen LogP contribution in [0, 0.1) is 17.3 Å². The van der Waals surface area contributed by atoms with E-state index in [1.54, 1.807) is 0 Å². The van der Waals surface area contributed by atoms with Gasteiger partial charge in [-0.25, -0.2) is 4.98 Å². The van der Waals surface area contributed by atoms with Crippen molar-refractivity contribution >= 4 is 0 Å². The second-order valence-electron chi connectivity index (χ2n) is 5.47. The van der Waals surface area contributed by atoms with Gasteiger partial charge in [-0.15, -0.1) is 0 Å². The number of nitrogens with zero attached hydrogens (tertiary/aromatic N) is 2. The molecule has 0 saturated heterocycles. The summed E-state index contributed by atoms with van der Waals surface area (Å²) >= 11 is 0. The number of benzene rings is 1. The minimum Gasteiger partial charge on any atom is -0.334 e. The number of aromatic nitrogens is 2. The monoisotopic (exact) mass is 238 g/mol. The van der Waals surface area contributed by atoms with Crippen molar-refractivity contribution < 1.29 is 0 Å². The molecule has 0 unspecified atom stereocenters. The van der Waals surface area contributed by atoms with Crippen LogP contribution in [0.5, 0.6) is 0 Å². The van der Waals surface area contributed by atoms with Crippen LogP contribution in [0.3, 0.4) is 0 Å². The van der Waals surface area contributed by atoms with Crippen LogP contribution < -0.4 is 0 Å². The van der Waals surface area contributed by atoms with Crippen molar-refractivity contribution in [3.8, 4) is 23.1 Å². The van der Waals surface area contributed by atoms with Crippen LogP contribution in [0.2, 0.25) is 0 Å². The van der Waals surface area contributed by atoms with Gasteiger partial charge < -0.3 is 4.57 Å². The summed E-state index contributed by atoms with van der Waals surface area (Å²) in [5, 5.41) is 0. The van der Waals surface area contributed by atoms with E-state index in [-0.39, 0.29) is 5.41 Å². The Balaban J connectivity index is 2.37. The van der Waals surface area contributed by atoms with Crippen molar-refractivity contribution in [2.45, 2.75) is 20.8 Å². The second kappa shape index (κ2) is 4.70. The van der Waals surface area contributed by atoms with Crippen LogP contribution in [-0.4, -0.2) is 9.55 Å². The van der Waals surface area contributed by atoms with E-state index in [0.717, 1.165) is 16.8 Å². The lowest BCUT2D eigenvalue weighted by atomic mass is 9.97. The molecule has 0 aliphatic carbocycles. The van der Waals surface area contributed by atoms with Gasteiger partial charge in [-0.05, 0) is 32.9 Å². The van der Waals surface area contributed by atoms with Gasteiger partial charge in [0.15, 0.2) is 0 Å². The SMILES string of the molecule is Cn1cncc1-c1cccc(C#CC(C)(C)C)c1. The summed E-state index contributed by atoms with van der Waals surface area (Å²) in [4.78, 5) is 4.14. The van der Waals surface area contributed by atoms with Crippen molar-refractivity contribution in [2.75, 3.05) is 0 Å². The van der Waals surface area contributed by atoms with Gasteiger partial charge in [-0.3, -0.25) is 0 Å². The van der Waals surface area contributed by atoms with Crippen molar-refractivity contribution in [3.05, 3.63) is 42.4 Å². The van der Waals surface area contributed by atoms with E-state index in [0.29, 0.717) is 0 Å². The first kappa shape index (κ1) is 12.4. The van der Waals surface area contributed by atoms with E-state index in [9.17, 15) is 0 Å². The molecule has 0 N–H and O–H groups in total. The van der Waals surface area contributed by atoms with Gasteiger partial charge in [-0.1, -0.05) is 24.0 Å². The van der Waals surface area contributed by atoms with E-state index >= 15 is 0 Å². The van der Waals surface area contributed by atoms with Crippen molar-refractivity contribution in [3.63, 3.8) is 0 Å². The summed E-state index contributed by atoms with van der Waals surface area (Å²) in [6.45, 7) is 6.35. The van der Waals surface area contributed by atoms with Crippen molar-refractivity contribution in [1.82, 2.24) is 9.55 Å². The summed E-state index contributed by atoms with van der Waals surface area (Å²) in [6.07, 6.45) is 3.68. The maximum atomic E-state index is 4.14. The van der Waals surface area contributed by atoms with Crippen LogP contribution in [0.1, 0.15) is 26.3 Å².